The van der Waals surface area contributed by atoms with Crippen LogP contribution in [0.1, 0.15) is 20.3 Å². The van der Waals surface area contributed by atoms with Crippen molar-refractivity contribution in [1.29, 1.82) is 0 Å². The van der Waals surface area contributed by atoms with Crippen LogP contribution in [0.25, 0.3) is 0 Å². The van der Waals surface area contributed by atoms with Crippen LogP contribution in [-0.2, 0) is 4.79 Å². The van der Waals surface area contributed by atoms with E-state index < -0.39 is 0 Å². The van der Waals surface area contributed by atoms with Gasteiger partial charge in [-0.3, -0.25) is 0 Å². The fourth-order valence-electron chi connectivity index (χ4n) is 0.192. The highest BCUT2D eigenvalue weighted by molar-refractivity contribution is 5.75. The van der Waals surface area contributed by atoms with E-state index in [-0.39, 0.29) is 23.1 Å². The van der Waals surface area contributed by atoms with Crippen molar-refractivity contribution in [3.05, 3.63) is 0 Å². The first-order chi connectivity index (χ1) is 2.77. The highest BCUT2D eigenvalue weighted by Crippen LogP contribution is 1.92. The molecular formula is C5H12MgO. The Labute approximate surface area is 60.6 Å². The zero-order chi connectivity index (χ0) is 4.99. The van der Waals surface area contributed by atoms with Gasteiger partial charge in [-0.15, -0.1) is 0 Å². The first-order valence-electron chi connectivity index (χ1n) is 2.21. The molecule has 0 aromatic carbocycles. The van der Waals surface area contributed by atoms with Crippen molar-refractivity contribution in [1.82, 2.24) is 0 Å². The van der Waals surface area contributed by atoms with Gasteiger partial charge in [0.25, 0.3) is 0 Å². The Balaban J connectivity index is 0. The third-order valence-electron chi connectivity index (χ3n) is 0.568. The minimum atomic E-state index is 0. The second-order valence-electron chi connectivity index (χ2n) is 1.80. The van der Waals surface area contributed by atoms with Crippen LogP contribution in [0.3, 0.4) is 0 Å². The molecule has 0 atom stereocenters. The Hall–Kier alpha value is 0.436. The summed E-state index contributed by atoms with van der Waals surface area (Å²) in [5, 5.41) is 0. The highest BCUT2D eigenvalue weighted by atomic mass is 24.3. The van der Waals surface area contributed by atoms with Gasteiger partial charge in [0, 0.05) is 6.42 Å². The van der Waals surface area contributed by atoms with Crippen molar-refractivity contribution in [2.75, 3.05) is 0 Å². The number of rotatable bonds is 2. The minimum Gasteiger partial charge on any atom is -0.303 e. The molecule has 0 aromatic rings. The third kappa shape index (κ3) is 10.7. The number of carbonyl (C=O) groups is 1. The quantitative estimate of drug-likeness (QED) is 0.371. The van der Waals surface area contributed by atoms with Gasteiger partial charge in [-0.25, -0.2) is 0 Å². The summed E-state index contributed by atoms with van der Waals surface area (Å²) in [6, 6.07) is 0. The lowest BCUT2D eigenvalue weighted by Crippen LogP contribution is -1.84. The lowest BCUT2D eigenvalue weighted by molar-refractivity contribution is -0.108. The summed E-state index contributed by atoms with van der Waals surface area (Å²) in [6.07, 6.45) is 1.64. The predicted molar refractivity (Wildman–Crippen MR) is 34.1 cm³/mol. The summed E-state index contributed by atoms with van der Waals surface area (Å²) in [5.74, 6) is 0.530. The van der Waals surface area contributed by atoms with Crippen molar-refractivity contribution in [3.8, 4) is 0 Å². The highest BCUT2D eigenvalue weighted by Gasteiger charge is 1.85. The van der Waals surface area contributed by atoms with Gasteiger partial charge in [0.15, 0.2) is 0 Å². The first kappa shape index (κ1) is 10.4. The molecule has 0 aliphatic rings. The maximum absolute atomic E-state index is 9.62. The van der Waals surface area contributed by atoms with Gasteiger partial charge in [-0.2, -0.15) is 0 Å². The van der Waals surface area contributed by atoms with Gasteiger partial charge >= 0.3 is 23.1 Å². The molecule has 0 aliphatic carbocycles. The lowest BCUT2D eigenvalue weighted by atomic mass is 10.2. The Morgan fingerprint density at radius 2 is 2.00 bits per heavy atom. The SMILES string of the molecule is CC(C)CC=O.[MgH2]. The average Bonchev–Trinajstić information content (AvgIpc) is 1.35. The molecule has 0 radical (unpaired) electrons. The van der Waals surface area contributed by atoms with Gasteiger partial charge < -0.3 is 4.79 Å². The monoisotopic (exact) mass is 112 g/mol. The molecule has 0 aliphatic heterocycles. The molecule has 0 aromatic heterocycles. The molecule has 0 unspecified atom stereocenters. The molecule has 7 heavy (non-hydrogen) atoms. The fourth-order valence-corrected chi connectivity index (χ4v) is 0.192. The van der Waals surface area contributed by atoms with Crippen LogP contribution in [0.5, 0.6) is 0 Å². The Morgan fingerprint density at radius 1 is 1.57 bits per heavy atom. The predicted octanol–water partition coefficient (Wildman–Crippen LogP) is 0.315. The molecule has 0 spiro atoms. The van der Waals surface area contributed by atoms with Gasteiger partial charge in [-0.05, 0) is 5.92 Å². The second-order valence-corrected chi connectivity index (χ2v) is 1.80. The van der Waals surface area contributed by atoms with E-state index in [0.717, 1.165) is 6.29 Å². The zero-order valence-electron chi connectivity index (χ0n) is 4.27. The fraction of sp³-hybridized carbons (Fsp3) is 0.800. The topological polar surface area (TPSA) is 17.1 Å². The summed E-state index contributed by atoms with van der Waals surface area (Å²) >= 11 is 0. The first-order valence-corrected chi connectivity index (χ1v) is 2.21. The van der Waals surface area contributed by atoms with Gasteiger partial charge in [-0.1, -0.05) is 13.8 Å². The van der Waals surface area contributed by atoms with Crippen molar-refractivity contribution >= 4 is 29.3 Å². The molecule has 0 fully saturated rings. The maximum atomic E-state index is 9.62. The average molecular weight is 112 g/mol. The number of carbonyl (C=O) groups excluding carboxylic acids is 1. The maximum Gasteiger partial charge on any atom is 0.316 e. The van der Waals surface area contributed by atoms with Crippen LogP contribution < -0.4 is 0 Å². The molecular weight excluding hydrogens is 100 g/mol. The molecule has 0 amide bonds. The van der Waals surface area contributed by atoms with E-state index in [0.29, 0.717) is 12.3 Å². The molecule has 1 nitrogen and oxygen atoms in total. The van der Waals surface area contributed by atoms with Gasteiger partial charge in [0.2, 0.25) is 0 Å². The molecule has 0 rings (SSSR count). The minimum absolute atomic E-state index is 0. The smallest absolute Gasteiger partial charge is 0.303 e. The van der Waals surface area contributed by atoms with Gasteiger partial charge in [0.05, 0.1) is 0 Å². The second kappa shape index (κ2) is 6.44. The molecule has 0 saturated carbocycles. The van der Waals surface area contributed by atoms with Crippen LogP contribution in [0.2, 0.25) is 0 Å². The zero-order valence-corrected chi connectivity index (χ0v) is 4.27. The molecule has 40 valence electrons. The Morgan fingerprint density at radius 3 is 2.00 bits per heavy atom. The van der Waals surface area contributed by atoms with Crippen molar-refractivity contribution in [2.45, 2.75) is 20.3 Å². The summed E-state index contributed by atoms with van der Waals surface area (Å²) in [7, 11) is 0. The van der Waals surface area contributed by atoms with Crippen LogP contribution >= 0.6 is 0 Å². The summed E-state index contributed by atoms with van der Waals surface area (Å²) in [6.45, 7) is 4.04. The molecule has 0 bridgehead atoms. The standard InChI is InChI=1S/C5H10O.Mg.2H/c1-5(2)3-4-6;;;/h4-5H,3H2,1-2H3;;;. The van der Waals surface area contributed by atoms with Crippen LogP contribution in [0, 0.1) is 5.92 Å². The Kier molecular flexibility index (Phi) is 9.58. The van der Waals surface area contributed by atoms with E-state index in [2.05, 4.69) is 0 Å². The van der Waals surface area contributed by atoms with E-state index in [1.54, 1.807) is 0 Å². The van der Waals surface area contributed by atoms with E-state index in [1.165, 1.54) is 0 Å². The van der Waals surface area contributed by atoms with Crippen molar-refractivity contribution in [3.63, 3.8) is 0 Å². The molecule has 0 heterocycles. The molecule has 0 N–H and O–H groups in total. The number of aldehydes is 1. The van der Waals surface area contributed by atoms with Crippen LogP contribution in [-0.4, -0.2) is 29.3 Å². The van der Waals surface area contributed by atoms with Crippen LogP contribution in [0.4, 0.5) is 0 Å². The summed E-state index contributed by atoms with van der Waals surface area (Å²) < 4.78 is 0. The molecule has 2 heteroatoms. The van der Waals surface area contributed by atoms with Gasteiger partial charge in [0.1, 0.15) is 6.29 Å². The van der Waals surface area contributed by atoms with E-state index >= 15 is 0 Å². The van der Waals surface area contributed by atoms with Crippen LogP contribution in [0.15, 0.2) is 0 Å². The lowest BCUT2D eigenvalue weighted by Gasteiger charge is -1.89. The summed E-state index contributed by atoms with van der Waals surface area (Å²) in [5.41, 5.74) is 0. The number of hydrogen-bond acceptors (Lipinski definition) is 1. The normalized spacial score (nSPS) is 7.86. The van der Waals surface area contributed by atoms with E-state index in [4.69, 9.17) is 0 Å². The summed E-state index contributed by atoms with van der Waals surface area (Å²) in [4.78, 5) is 9.62. The van der Waals surface area contributed by atoms with E-state index in [9.17, 15) is 4.79 Å². The van der Waals surface area contributed by atoms with Crippen molar-refractivity contribution in [2.24, 2.45) is 5.92 Å². The third-order valence-corrected chi connectivity index (χ3v) is 0.568. The van der Waals surface area contributed by atoms with E-state index in [1.807, 2.05) is 13.8 Å². The molecule has 0 saturated heterocycles. The van der Waals surface area contributed by atoms with Crippen molar-refractivity contribution < 1.29 is 4.79 Å². The Bertz CT molecular complexity index is 43.3. The number of hydrogen-bond donors (Lipinski definition) is 0. The largest absolute Gasteiger partial charge is 0.316 e.